The van der Waals surface area contributed by atoms with E-state index in [2.05, 4.69) is 48.6 Å². The van der Waals surface area contributed by atoms with Crippen molar-refractivity contribution in [2.24, 2.45) is 0 Å². The van der Waals surface area contributed by atoms with E-state index in [-0.39, 0.29) is 12.4 Å². The summed E-state index contributed by atoms with van der Waals surface area (Å²) in [6.45, 7) is 3.57. The predicted octanol–water partition coefficient (Wildman–Crippen LogP) is 3.72. The minimum absolute atomic E-state index is 0. The minimum atomic E-state index is 0. The molecule has 0 aromatic heterocycles. The third kappa shape index (κ3) is 4.93. The molecule has 2 aromatic carbocycles. The van der Waals surface area contributed by atoms with Crippen LogP contribution in [0.25, 0.3) is 0 Å². The molecule has 0 saturated heterocycles. The molecule has 0 spiro atoms. The van der Waals surface area contributed by atoms with Crippen LogP contribution < -0.4 is 10.1 Å². The molecule has 102 valence electrons. The van der Waals surface area contributed by atoms with E-state index in [4.69, 9.17) is 4.74 Å². The predicted molar refractivity (Wildman–Crippen MR) is 82.0 cm³/mol. The SMILES string of the molecule is CNCc1cccc(OCc2ccc(C)cc2)c1.Cl. The van der Waals surface area contributed by atoms with E-state index in [1.165, 1.54) is 16.7 Å². The van der Waals surface area contributed by atoms with Crippen molar-refractivity contribution < 1.29 is 4.74 Å². The number of benzene rings is 2. The average molecular weight is 278 g/mol. The Morgan fingerprint density at radius 3 is 2.42 bits per heavy atom. The van der Waals surface area contributed by atoms with Gasteiger partial charge < -0.3 is 10.1 Å². The molecule has 2 aromatic rings. The zero-order valence-electron chi connectivity index (χ0n) is 11.3. The summed E-state index contributed by atoms with van der Waals surface area (Å²) in [5.41, 5.74) is 3.70. The van der Waals surface area contributed by atoms with Crippen LogP contribution in [0.4, 0.5) is 0 Å². The highest BCUT2D eigenvalue weighted by Crippen LogP contribution is 2.15. The molecule has 3 heteroatoms. The number of ether oxygens (including phenoxy) is 1. The fourth-order valence-electron chi connectivity index (χ4n) is 1.80. The molecule has 0 aliphatic heterocycles. The Hall–Kier alpha value is -1.51. The van der Waals surface area contributed by atoms with E-state index >= 15 is 0 Å². The van der Waals surface area contributed by atoms with Crippen LogP contribution in [-0.2, 0) is 13.2 Å². The smallest absolute Gasteiger partial charge is 0.120 e. The van der Waals surface area contributed by atoms with E-state index in [0.717, 1.165) is 12.3 Å². The van der Waals surface area contributed by atoms with Gasteiger partial charge in [0, 0.05) is 6.54 Å². The van der Waals surface area contributed by atoms with Crippen LogP contribution in [-0.4, -0.2) is 7.05 Å². The highest BCUT2D eigenvalue weighted by atomic mass is 35.5. The molecule has 0 heterocycles. The molecular weight excluding hydrogens is 258 g/mol. The fourth-order valence-corrected chi connectivity index (χ4v) is 1.80. The number of hydrogen-bond acceptors (Lipinski definition) is 2. The molecule has 2 nitrogen and oxygen atoms in total. The highest BCUT2D eigenvalue weighted by Gasteiger charge is 1.98. The van der Waals surface area contributed by atoms with E-state index in [0.29, 0.717) is 6.61 Å². The van der Waals surface area contributed by atoms with Crippen molar-refractivity contribution in [3.05, 3.63) is 65.2 Å². The minimum Gasteiger partial charge on any atom is -0.489 e. The van der Waals surface area contributed by atoms with Crippen molar-refractivity contribution in [3.63, 3.8) is 0 Å². The molecule has 0 atom stereocenters. The van der Waals surface area contributed by atoms with Crippen LogP contribution in [0.5, 0.6) is 5.75 Å². The van der Waals surface area contributed by atoms with Gasteiger partial charge in [0.05, 0.1) is 0 Å². The van der Waals surface area contributed by atoms with Gasteiger partial charge in [0.1, 0.15) is 12.4 Å². The zero-order chi connectivity index (χ0) is 12.8. The number of hydrogen-bond donors (Lipinski definition) is 1. The lowest BCUT2D eigenvalue weighted by Crippen LogP contribution is -2.05. The van der Waals surface area contributed by atoms with Gasteiger partial charge in [-0.05, 0) is 37.2 Å². The molecule has 0 unspecified atom stereocenters. The summed E-state index contributed by atoms with van der Waals surface area (Å²) in [5.74, 6) is 0.920. The number of halogens is 1. The number of rotatable bonds is 5. The highest BCUT2D eigenvalue weighted by molar-refractivity contribution is 5.85. The van der Waals surface area contributed by atoms with Crippen molar-refractivity contribution in [3.8, 4) is 5.75 Å². The Labute approximate surface area is 121 Å². The van der Waals surface area contributed by atoms with Crippen LogP contribution in [0.15, 0.2) is 48.5 Å². The lowest BCUT2D eigenvalue weighted by molar-refractivity contribution is 0.306. The van der Waals surface area contributed by atoms with Gasteiger partial charge in [-0.3, -0.25) is 0 Å². The Morgan fingerprint density at radius 2 is 1.74 bits per heavy atom. The van der Waals surface area contributed by atoms with Crippen LogP contribution in [0.2, 0.25) is 0 Å². The molecule has 19 heavy (non-hydrogen) atoms. The van der Waals surface area contributed by atoms with Gasteiger partial charge in [0.15, 0.2) is 0 Å². The van der Waals surface area contributed by atoms with Gasteiger partial charge >= 0.3 is 0 Å². The van der Waals surface area contributed by atoms with Crippen molar-refractivity contribution in [1.82, 2.24) is 5.32 Å². The Kier molecular flexibility index (Phi) is 6.40. The van der Waals surface area contributed by atoms with E-state index in [1.807, 2.05) is 19.2 Å². The maximum Gasteiger partial charge on any atom is 0.120 e. The first-order chi connectivity index (χ1) is 8.78. The summed E-state index contributed by atoms with van der Waals surface area (Å²) >= 11 is 0. The first-order valence-electron chi connectivity index (χ1n) is 6.20. The molecule has 1 N–H and O–H groups in total. The van der Waals surface area contributed by atoms with Crippen molar-refractivity contribution in [2.75, 3.05) is 7.05 Å². The molecule has 0 saturated carbocycles. The molecule has 0 aliphatic rings. The van der Waals surface area contributed by atoms with E-state index < -0.39 is 0 Å². The van der Waals surface area contributed by atoms with Gasteiger partial charge in [0.25, 0.3) is 0 Å². The van der Waals surface area contributed by atoms with Crippen LogP contribution >= 0.6 is 12.4 Å². The maximum absolute atomic E-state index is 5.79. The van der Waals surface area contributed by atoms with Gasteiger partial charge in [-0.1, -0.05) is 42.0 Å². The number of aryl methyl sites for hydroxylation is 1. The summed E-state index contributed by atoms with van der Waals surface area (Å²) in [6.07, 6.45) is 0. The van der Waals surface area contributed by atoms with Gasteiger partial charge in [-0.25, -0.2) is 0 Å². The summed E-state index contributed by atoms with van der Waals surface area (Å²) in [7, 11) is 1.94. The van der Waals surface area contributed by atoms with Crippen molar-refractivity contribution >= 4 is 12.4 Å². The largest absolute Gasteiger partial charge is 0.489 e. The van der Waals surface area contributed by atoms with Gasteiger partial charge in [0.2, 0.25) is 0 Å². The molecule has 0 bridgehead atoms. The van der Waals surface area contributed by atoms with E-state index in [9.17, 15) is 0 Å². The fraction of sp³-hybridized carbons (Fsp3) is 0.250. The lowest BCUT2D eigenvalue weighted by Gasteiger charge is -2.08. The van der Waals surface area contributed by atoms with Gasteiger partial charge in [-0.2, -0.15) is 0 Å². The standard InChI is InChI=1S/C16H19NO.ClH/c1-13-6-8-14(9-7-13)12-18-16-5-3-4-15(10-16)11-17-2;/h3-10,17H,11-12H2,1-2H3;1H. The lowest BCUT2D eigenvalue weighted by atomic mass is 10.2. The second-order valence-corrected chi connectivity index (χ2v) is 4.45. The van der Waals surface area contributed by atoms with Gasteiger partial charge in [-0.15, -0.1) is 12.4 Å². The molecule has 0 radical (unpaired) electrons. The molecule has 0 aliphatic carbocycles. The topological polar surface area (TPSA) is 21.3 Å². The summed E-state index contributed by atoms with van der Waals surface area (Å²) < 4.78 is 5.79. The Bertz CT molecular complexity index is 496. The second kappa shape index (κ2) is 7.82. The third-order valence-electron chi connectivity index (χ3n) is 2.81. The maximum atomic E-state index is 5.79. The molecule has 0 fully saturated rings. The Morgan fingerprint density at radius 1 is 1.00 bits per heavy atom. The zero-order valence-corrected chi connectivity index (χ0v) is 12.2. The summed E-state index contributed by atoms with van der Waals surface area (Å²) in [6, 6.07) is 16.6. The van der Waals surface area contributed by atoms with Crippen molar-refractivity contribution in [2.45, 2.75) is 20.1 Å². The van der Waals surface area contributed by atoms with Crippen molar-refractivity contribution in [1.29, 1.82) is 0 Å². The summed E-state index contributed by atoms with van der Waals surface area (Å²) in [5, 5.41) is 3.14. The van der Waals surface area contributed by atoms with E-state index in [1.54, 1.807) is 0 Å². The molecule has 0 amide bonds. The first-order valence-corrected chi connectivity index (χ1v) is 6.20. The monoisotopic (exact) mass is 277 g/mol. The average Bonchev–Trinajstić information content (AvgIpc) is 2.39. The molecular formula is C16H20ClNO. The normalized spacial score (nSPS) is 9.79. The second-order valence-electron chi connectivity index (χ2n) is 4.45. The number of nitrogens with one attached hydrogen (secondary N) is 1. The third-order valence-corrected chi connectivity index (χ3v) is 2.81. The Balaban J connectivity index is 0.00000180. The van der Waals surface area contributed by atoms with Crippen LogP contribution in [0, 0.1) is 6.92 Å². The van der Waals surface area contributed by atoms with Crippen LogP contribution in [0.1, 0.15) is 16.7 Å². The quantitative estimate of drug-likeness (QED) is 0.899. The summed E-state index contributed by atoms with van der Waals surface area (Å²) in [4.78, 5) is 0. The first kappa shape index (κ1) is 15.5. The van der Waals surface area contributed by atoms with Crippen LogP contribution in [0.3, 0.4) is 0 Å². The molecule has 2 rings (SSSR count).